The van der Waals surface area contributed by atoms with E-state index in [0.717, 1.165) is 19.3 Å². The molecule has 0 aromatic heterocycles. The molecule has 3 atom stereocenters. The molecule has 0 radical (unpaired) electrons. The molecule has 1 aliphatic rings. The van der Waals surface area contributed by atoms with E-state index in [1.54, 1.807) is 6.92 Å². The van der Waals surface area contributed by atoms with Crippen molar-refractivity contribution in [3.63, 3.8) is 0 Å². The van der Waals surface area contributed by atoms with E-state index < -0.39 is 21.2 Å². The molecule has 0 spiro atoms. The van der Waals surface area contributed by atoms with Gasteiger partial charge < -0.3 is 9.79 Å². The molecule has 1 unspecified atom stereocenters. The van der Waals surface area contributed by atoms with E-state index in [-0.39, 0.29) is 5.92 Å². The van der Waals surface area contributed by atoms with Crippen molar-refractivity contribution >= 4 is 26.1 Å². The highest BCUT2D eigenvalue weighted by atomic mass is 31.2. The first-order chi connectivity index (χ1) is 11.5. The molecule has 24 heavy (non-hydrogen) atoms. The summed E-state index contributed by atoms with van der Waals surface area (Å²) in [6.45, 7) is 1.73. The van der Waals surface area contributed by atoms with Crippen LogP contribution in [-0.2, 0) is 4.57 Å². The molecule has 1 aliphatic carbocycles. The Hall–Kier alpha value is -0.980. The van der Waals surface area contributed by atoms with Crippen LogP contribution in [0.4, 0.5) is 0 Å². The third-order valence-electron chi connectivity index (χ3n) is 5.08. The topological polar surface area (TPSA) is 57.5 Å². The maximum Gasteiger partial charge on any atom is 0.328 e. The molecule has 0 aliphatic heterocycles. The van der Waals surface area contributed by atoms with Crippen LogP contribution >= 0.6 is 15.5 Å². The van der Waals surface area contributed by atoms with Gasteiger partial charge in [0.1, 0.15) is 0 Å². The van der Waals surface area contributed by atoms with Crippen LogP contribution in [0.25, 0.3) is 0 Å². The van der Waals surface area contributed by atoms with Crippen molar-refractivity contribution < 1.29 is 14.4 Å². The molecular formula is C19H24O3P2. The summed E-state index contributed by atoms with van der Waals surface area (Å²) in [7, 11) is -4.67. The van der Waals surface area contributed by atoms with Crippen molar-refractivity contribution in [2.45, 2.75) is 37.5 Å². The van der Waals surface area contributed by atoms with E-state index in [1.807, 2.05) is 12.1 Å². The Kier molecular flexibility index (Phi) is 5.57. The lowest BCUT2D eigenvalue weighted by Crippen LogP contribution is -2.30. The Bertz CT molecular complexity index is 660. The van der Waals surface area contributed by atoms with E-state index in [9.17, 15) is 14.4 Å². The minimum absolute atomic E-state index is 0.0809. The van der Waals surface area contributed by atoms with Gasteiger partial charge in [-0.1, -0.05) is 74.0 Å². The fourth-order valence-electron chi connectivity index (χ4n) is 3.81. The van der Waals surface area contributed by atoms with Crippen LogP contribution in [0.15, 0.2) is 60.7 Å². The van der Waals surface area contributed by atoms with Crippen LogP contribution in [0.5, 0.6) is 0 Å². The van der Waals surface area contributed by atoms with E-state index in [2.05, 4.69) is 48.5 Å². The van der Waals surface area contributed by atoms with Gasteiger partial charge >= 0.3 is 7.60 Å². The van der Waals surface area contributed by atoms with E-state index in [1.165, 1.54) is 10.6 Å². The predicted octanol–water partition coefficient (Wildman–Crippen LogP) is 3.85. The summed E-state index contributed by atoms with van der Waals surface area (Å²) < 4.78 is 11.9. The molecule has 0 saturated heterocycles. The van der Waals surface area contributed by atoms with E-state index in [4.69, 9.17) is 0 Å². The van der Waals surface area contributed by atoms with Gasteiger partial charge in [0.15, 0.2) is 0 Å². The second-order valence-electron chi connectivity index (χ2n) is 6.53. The summed E-state index contributed by atoms with van der Waals surface area (Å²) in [6, 6.07) is 20.9. The molecule has 1 fully saturated rings. The molecule has 0 amide bonds. The minimum Gasteiger partial charge on any atom is -0.324 e. The molecular weight excluding hydrogens is 338 g/mol. The second-order valence-corrected chi connectivity index (χ2v) is 11.0. The molecule has 5 heteroatoms. The Labute approximate surface area is 145 Å². The Balaban J connectivity index is 2.01. The number of hydrogen-bond donors (Lipinski definition) is 2. The van der Waals surface area contributed by atoms with Gasteiger partial charge in [-0.25, -0.2) is 0 Å². The Morgan fingerprint density at radius 2 is 1.46 bits per heavy atom. The van der Waals surface area contributed by atoms with Gasteiger partial charge in [-0.15, -0.1) is 0 Å². The summed E-state index contributed by atoms with van der Waals surface area (Å²) in [5.74, 6) is 0.0809. The van der Waals surface area contributed by atoms with E-state index >= 15 is 0 Å². The van der Waals surface area contributed by atoms with Crippen molar-refractivity contribution in [1.29, 1.82) is 0 Å². The van der Waals surface area contributed by atoms with Gasteiger partial charge in [0.25, 0.3) is 0 Å². The second kappa shape index (κ2) is 7.50. The Morgan fingerprint density at radius 1 is 0.958 bits per heavy atom. The van der Waals surface area contributed by atoms with Gasteiger partial charge in [0, 0.05) is 0 Å². The zero-order valence-electron chi connectivity index (χ0n) is 13.8. The maximum absolute atomic E-state index is 11.9. The quantitative estimate of drug-likeness (QED) is 0.795. The van der Waals surface area contributed by atoms with Crippen LogP contribution < -0.4 is 10.6 Å². The van der Waals surface area contributed by atoms with Gasteiger partial charge in [-0.05, 0) is 42.9 Å². The summed E-state index contributed by atoms with van der Waals surface area (Å²) in [6.07, 6.45) is 3.01. The summed E-state index contributed by atoms with van der Waals surface area (Å²) in [4.78, 5) is 19.4. The number of rotatable bonds is 5. The van der Waals surface area contributed by atoms with Crippen LogP contribution in [0.3, 0.4) is 0 Å². The highest BCUT2D eigenvalue weighted by Crippen LogP contribution is 2.57. The van der Waals surface area contributed by atoms with Gasteiger partial charge in [0.2, 0.25) is 0 Å². The zero-order chi connectivity index (χ0) is 17.2. The van der Waals surface area contributed by atoms with Crippen LogP contribution in [0.2, 0.25) is 0 Å². The fourth-order valence-corrected chi connectivity index (χ4v) is 8.08. The standard InChI is InChI=1S/C19H24O3P2/c1-15(24(20,21)22)18-13-8-14-19(18)23(16-9-4-2-5-10-16)17-11-6-3-7-12-17/h2-7,9-12,15,18-19H,8,13-14H2,1H3,(H2,20,21,22)/t15-,18+,19?/m1/s1. The average Bonchev–Trinajstić information content (AvgIpc) is 3.04. The van der Waals surface area contributed by atoms with Crippen molar-refractivity contribution in [3.05, 3.63) is 60.7 Å². The number of benzene rings is 2. The molecule has 2 N–H and O–H groups in total. The molecule has 3 rings (SSSR count). The first-order valence-electron chi connectivity index (χ1n) is 8.43. The summed E-state index contributed by atoms with van der Waals surface area (Å²) in [5.41, 5.74) is -0.241. The van der Waals surface area contributed by atoms with Crippen LogP contribution in [-0.4, -0.2) is 21.1 Å². The normalized spacial score (nSPS) is 22.7. The lowest BCUT2D eigenvalue weighted by atomic mass is 10.0. The van der Waals surface area contributed by atoms with Crippen molar-refractivity contribution in [3.8, 4) is 0 Å². The highest BCUT2D eigenvalue weighted by Gasteiger charge is 2.43. The zero-order valence-corrected chi connectivity index (χ0v) is 15.6. The first-order valence-corrected chi connectivity index (χ1v) is 11.5. The molecule has 128 valence electrons. The third-order valence-corrected chi connectivity index (χ3v) is 9.54. The smallest absolute Gasteiger partial charge is 0.324 e. The number of hydrogen-bond acceptors (Lipinski definition) is 1. The Morgan fingerprint density at radius 3 is 1.92 bits per heavy atom. The minimum atomic E-state index is -4.06. The molecule has 2 aromatic carbocycles. The first kappa shape index (κ1) is 17.8. The fraction of sp³-hybridized carbons (Fsp3) is 0.368. The largest absolute Gasteiger partial charge is 0.328 e. The third kappa shape index (κ3) is 3.81. The van der Waals surface area contributed by atoms with Gasteiger partial charge in [-0.2, -0.15) is 0 Å². The maximum atomic E-state index is 11.9. The van der Waals surface area contributed by atoms with Gasteiger partial charge in [0.05, 0.1) is 5.66 Å². The molecule has 0 heterocycles. The van der Waals surface area contributed by atoms with Gasteiger partial charge in [-0.3, -0.25) is 4.57 Å². The lowest BCUT2D eigenvalue weighted by Gasteiger charge is -2.33. The highest BCUT2D eigenvalue weighted by molar-refractivity contribution is 7.73. The SMILES string of the molecule is C[C@H]([C@@H]1CCCC1P(c1ccccc1)c1ccccc1)P(=O)(O)O. The lowest BCUT2D eigenvalue weighted by molar-refractivity contribution is 0.339. The monoisotopic (exact) mass is 362 g/mol. The van der Waals surface area contributed by atoms with Crippen molar-refractivity contribution in [2.75, 3.05) is 0 Å². The molecule has 3 nitrogen and oxygen atoms in total. The molecule has 2 aromatic rings. The summed E-state index contributed by atoms with van der Waals surface area (Å²) in [5, 5.41) is 2.60. The van der Waals surface area contributed by atoms with Crippen molar-refractivity contribution in [2.24, 2.45) is 5.92 Å². The van der Waals surface area contributed by atoms with Crippen molar-refractivity contribution in [1.82, 2.24) is 0 Å². The predicted molar refractivity (Wildman–Crippen MR) is 102 cm³/mol. The molecule has 0 bridgehead atoms. The van der Waals surface area contributed by atoms with Crippen LogP contribution in [0.1, 0.15) is 26.2 Å². The van der Waals surface area contributed by atoms with E-state index in [0.29, 0.717) is 5.66 Å². The average molecular weight is 362 g/mol. The summed E-state index contributed by atoms with van der Waals surface area (Å²) >= 11 is 0. The van der Waals surface area contributed by atoms with Crippen LogP contribution in [0, 0.1) is 5.92 Å². The molecule has 1 saturated carbocycles.